The van der Waals surface area contributed by atoms with Gasteiger partial charge < -0.3 is 24.2 Å². The molecule has 3 aliphatic rings. The molecule has 4 atom stereocenters. The number of aliphatic hydroxyl groups excluding tert-OH is 1. The Labute approximate surface area is 173 Å². The maximum atomic E-state index is 12.7. The maximum absolute atomic E-state index is 12.7. The summed E-state index contributed by atoms with van der Waals surface area (Å²) < 4.78 is 16.8. The zero-order valence-electron chi connectivity index (χ0n) is 16.2. The predicted octanol–water partition coefficient (Wildman–Crippen LogP) is 2.40. The Morgan fingerprint density at radius 1 is 1.28 bits per heavy atom. The quantitative estimate of drug-likeness (QED) is 0.824. The van der Waals surface area contributed by atoms with Gasteiger partial charge in [-0.2, -0.15) is 0 Å². The van der Waals surface area contributed by atoms with Crippen LogP contribution >= 0.6 is 11.3 Å². The number of aliphatic hydroxyl groups is 1. The molecule has 29 heavy (non-hydrogen) atoms. The first-order chi connectivity index (χ1) is 14.0. The molecular weight excluding hydrogens is 392 g/mol. The van der Waals surface area contributed by atoms with Gasteiger partial charge in [0.05, 0.1) is 23.2 Å². The van der Waals surface area contributed by atoms with Crippen molar-refractivity contribution >= 4 is 17.2 Å². The van der Waals surface area contributed by atoms with Crippen LogP contribution in [0.1, 0.15) is 23.5 Å². The Morgan fingerprint density at radius 3 is 2.86 bits per heavy atom. The Balaban J connectivity index is 1.21. The zero-order chi connectivity index (χ0) is 20.0. The van der Waals surface area contributed by atoms with E-state index in [1.54, 1.807) is 11.3 Å². The van der Waals surface area contributed by atoms with Crippen LogP contribution in [0.25, 0.3) is 0 Å². The summed E-state index contributed by atoms with van der Waals surface area (Å²) in [5.41, 5.74) is 0.844. The lowest BCUT2D eigenvalue weighted by atomic mass is 9.78. The highest BCUT2D eigenvalue weighted by Gasteiger charge is 2.44. The van der Waals surface area contributed by atoms with E-state index in [0.717, 1.165) is 23.7 Å². The summed E-state index contributed by atoms with van der Waals surface area (Å²) >= 11 is 1.57. The number of hydrogen-bond acceptors (Lipinski definition) is 7. The number of amides is 1. The molecule has 3 heterocycles. The van der Waals surface area contributed by atoms with Crippen molar-refractivity contribution in [2.45, 2.75) is 38.4 Å². The van der Waals surface area contributed by atoms with E-state index in [4.69, 9.17) is 14.2 Å². The van der Waals surface area contributed by atoms with Crippen LogP contribution < -0.4 is 14.2 Å². The fraction of sp³-hybridized carbons (Fsp3) is 0.524. The van der Waals surface area contributed by atoms with E-state index in [2.05, 4.69) is 4.98 Å². The van der Waals surface area contributed by atoms with Gasteiger partial charge in [0.15, 0.2) is 11.5 Å². The molecule has 2 aliphatic heterocycles. The van der Waals surface area contributed by atoms with Gasteiger partial charge in [-0.1, -0.05) is 0 Å². The van der Waals surface area contributed by atoms with E-state index in [-0.39, 0.29) is 18.8 Å². The summed E-state index contributed by atoms with van der Waals surface area (Å²) in [5.74, 6) is 2.83. The SMILES string of the molecule is Cc1nc(CC(=O)N2C[C@H]3C[C@@H](Oc4ccc5c(c4)OCO5)[C@H](O)C[C@H]3C2)cs1. The number of aryl methyl sites for hydroxylation is 1. The van der Waals surface area contributed by atoms with Gasteiger partial charge in [0.25, 0.3) is 0 Å². The number of carbonyl (C=O) groups excluding carboxylic acids is 1. The van der Waals surface area contributed by atoms with Gasteiger partial charge in [0, 0.05) is 24.5 Å². The largest absolute Gasteiger partial charge is 0.488 e. The van der Waals surface area contributed by atoms with Crippen LogP contribution in [0.2, 0.25) is 0 Å². The van der Waals surface area contributed by atoms with Crippen LogP contribution in [-0.2, 0) is 11.2 Å². The van der Waals surface area contributed by atoms with Crippen LogP contribution in [0.3, 0.4) is 0 Å². The third-order valence-electron chi connectivity index (χ3n) is 6.07. The van der Waals surface area contributed by atoms with Gasteiger partial charge >= 0.3 is 0 Å². The smallest absolute Gasteiger partial charge is 0.231 e. The molecule has 1 aromatic heterocycles. The number of benzene rings is 1. The van der Waals surface area contributed by atoms with Crippen molar-refractivity contribution < 1.29 is 24.1 Å². The number of likely N-dealkylation sites (tertiary alicyclic amines) is 1. The molecule has 1 saturated heterocycles. The minimum absolute atomic E-state index is 0.118. The first-order valence-corrected chi connectivity index (χ1v) is 10.9. The summed E-state index contributed by atoms with van der Waals surface area (Å²) in [6, 6.07) is 5.47. The van der Waals surface area contributed by atoms with Gasteiger partial charge in [-0.3, -0.25) is 4.79 Å². The molecule has 0 unspecified atom stereocenters. The average Bonchev–Trinajstić information content (AvgIpc) is 3.41. The van der Waals surface area contributed by atoms with Crippen molar-refractivity contribution in [2.75, 3.05) is 19.9 Å². The monoisotopic (exact) mass is 416 g/mol. The fourth-order valence-corrected chi connectivity index (χ4v) is 5.21. The van der Waals surface area contributed by atoms with E-state index in [1.165, 1.54) is 0 Å². The van der Waals surface area contributed by atoms with E-state index in [0.29, 0.717) is 48.5 Å². The molecule has 0 bridgehead atoms. The number of carbonyl (C=O) groups is 1. The summed E-state index contributed by atoms with van der Waals surface area (Å²) in [4.78, 5) is 19.0. The molecular formula is C21H24N2O5S. The zero-order valence-corrected chi connectivity index (χ0v) is 17.1. The van der Waals surface area contributed by atoms with Crippen LogP contribution in [0, 0.1) is 18.8 Å². The van der Waals surface area contributed by atoms with Crippen LogP contribution in [0.4, 0.5) is 0 Å². The number of nitrogens with zero attached hydrogens (tertiary/aromatic N) is 2. The van der Waals surface area contributed by atoms with Crippen LogP contribution in [0.5, 0.6) is 17.2 Å². The summed E-state index contributed by atoms with van der Waals surface area (Å²) in [6.07, 6.45) is 0.911. The third-order valence-corrected chi connectivity index (χ3v) is 6.89. The first kappa shape index (κ1) is 18.7. The number of hydrogen-bond donors (Lipinski definition) is 1. The van der Waals surface area contributed by atoms with Crippen molar-refractivity contribution in [3.8, 4) is 17.2 Å². The van der Waals surface area contributed by atoms with Crippen LogP contribution in [-0.4, -0.2) is 53.0 Å². The van der Waals surface area contributed by atoms with E-state index in [9.17, 15) is 9.90 Å². The second-order valence-corrected chi connectivity index (χ2v) is 9.13. The van der Waals surface area contributed by atoms with Crippen molar-refractivity contribution in [1.82, 2.24) is 9.88 Å². The molecule has 2 fully saturated rings. The highest BCUT2D eigenvalue weighted by atomic mass is 32.1. The molecule has 0 spiro atoms. The Hall–Kier alpha value is -2.32. The van der Waals surface area contributed by atoms with Gasteiger partial charge in [-0.15, -0.1) is 11.3 Å². The van der Waals surface area contributed by atoms with Gasteiger partial charge in [-0.25, -0.2) is 4.98 Å². The number of ether oxygens (including phenoxy) is 3. The van der Waals surface area contributed by atoms with Crippen molar-refractivity contribution in [2.24, 2.45) is 11.8 Å². The summed E-state index contributed by atoms with van der Waals surface area (Å²) in [7, 11) is 0. The number of fused-ring (bicyclic) bond motifs is 2. The molecule has 2 aromatic rings. The average molecular weight is 416 g/mol. The molecule has 1 aliphatic carbocycles. The molecule has 1 aromatic carbocycles. The van der Waals surface area contributed by atoms with Crippen LogP contribution in [0.15, 0.2) is 23.6 Å². The minimum atomic E-state index is -0.544. The minimum Gasteiger partial charge on any atom is -0.488 e. The van der Waals surface area contributed by atoms with Crippen molar-refractivity contribution in [3.63, 3.8) is 0 Å². The summed E-state index contributed by atoms with van der Waals surface area (Å²) in [6.45, 7) is 3.60. The molecule has 7 nitrogen and oxygen atoms in total. The lowest BCUT2D eigenvalue weighted by Crippen LogP contribution is -2.42. The highest BCUT2D eigenvalue weighted by molar-refractivity contribution is 7.09. The van der Waals surface area contributed by atoms with E-state index < -0.39 is 6.10 Å². The van der Waals surface area contributed by atoms with Crippen molar-refractivity contribution in [1.29, 1.82) is 0 Å². The van der Waals surface area contributed by atoms with Gasteiger partial charge in [0.1, 0.15) is 11.9 Å². The highest BCUT2D eigenvalue weighted by Crippen LogP contribution is 2.40. The Kier molecular flexibility index (Phi) is 4.83. The van der Waals surface area contributed by atoms with Crippen molar-refractivity contribution in [3.05, 3.63) is 34.3 Å². The third kappa shape index (κ3) is 3.79. The topological polar surface area (TPSA) is 81.1 Å². The molecule has 8 heteroatoms. The molecule has 1 saturated carbocycles. The molecule has 0 radical (unpaired) electrons. The lowest BCUT2D eigenvalue weighted by molar-refractivity contribution is -0.129. The van der Waals surface area contributed by atoms with E-state index in [1.807, 2.05) is 35.4 Å². The number of rotatable bonds is 4. The predicted molar refractivity (Wildman–Crippen MR) is 106 cm³/mol. The lowest BCUT2D eigenvalue weighted by Gasteiger charge is -2.35. The number of aromatic nitrogens is 1. The van der Waals surface area contributed by atoms with Gasteiger partial charge in [-0.05, 0) is 43.7 Å². The fourth-order valence-electron chi connectivity index (χ4n) is 4.60. The molecule has 1 N–H and O–H groups in total. The van der Waals surface area contributed by atoms with Gasteiger partial charge in [0.2, 0.25) is 12.7 Å². The standard InChI is InChI=1S/C21H24N2O5S/c1-12-22-15(10-29-12)6-21(25)23-8-13-4-17(24)19(5-14(13)9-23)28-16-2-3-18-20(7-16)27-11-26-18/h2-3,7,10,13-14,17,19,24H,4-6,8-9,11H2,1H3/t13-,14+,17+,19+/m0/s1. The van der Waals surface area contributed by atoms with E-state index >= 15 is 0 Å². The molecule has 154 valence electrons. The molecule has 1 amide bonds. The Bertz CT molecular complexity index is 916. The first-order valence-electron chi connectivity index (χ1n) is 9.98. The second kappa shape index (κ2) is 7.50. The maximum Gasteiger partial charge on any atom is 0.231 e. The number of thiazole rings is 1. The second-order valence-electron chi connectivity index (χ2n) is 8.06. The Morgan fingerprint density at radius 2 is 2.07 bits per heavy atom. The normalized spacial score (nSPS) is 27.7. The molecule has 5 rings (SSSR count). The summed E-state index contributed by atoms with van der Waals surface area (Å²) in [5, 5.41) is 13.6.